The Morgan fingerprint density at radius 2 is 1.68 bits per heavy atom. The van der Waals surface area contributed by atoms with Gasteiger partial charge in [-0.1, -0.05) is 30.3 Å². The van der Waals surface area contributed by atoms with Crippen molar-refractivity contribution in [3.05, 3.63) is 60.2 Å². The zero-order valence-corrected chi connectivity index (χ0v) is 12.0. The van der Waals surface area contributed by atoms with E-state index in [0.717, 1.165) is 5.69 Å². The lowest BCUT2D eigenvalue weighted by Gasteiger charge is -2.08. The van der Waals surface area contributed by atoms with E-state index in [-0.39, 0.29) is 12.4 Å². The molecule has 5 nitrogen and oxygen atoms in total. The highest BCUT2D eigenvalue weighted by Crippen LogP contribution is 2.15. The van der Waals surface area contributed by atoms with E-state index >= 15 is 0 Å². The quantitative estimate of drug-likeness (QED) is 0.733. The van der Waals surface area contributed by atoms with Gasteiger partial charge in [0.05, 0.1) is 0 Å². The van der Waals surface area contributed by atoms with Crippen molar-refractivity contribution in [2.24, 2.45) is 0 Å². The molecule has 114 valence electrons. The minimum atomic E-state index is -1.01. The van der Waals surface area contributed by atoms with Gasteiger partial charge in [0.25, 0.3) is 0 Å². The first-order chi connectivity index (χ1) is 10.6. The highest BCUT2D eigenvalue weighted by atomic mass is 16.5. The summed E-state index contributed by atoms with van der Waals surface area (Å²) in [5, 5.41) is 11.7. The largest absolute Gasteiger partial charge is 0.482 e. The highest BCUT2D eigenvalue weighted by molar-refractivity contribution is 5.96. The van der Waals surface area contributed by atoms with E-state index in [1.165, 1.54) is 0 Å². The van der Waals surface area contributed by atoms with Crippen LogP contribution in [-0.2, 0) is 4.79 Å². The van der Waals surface area contributed by atoms with Crippen molar-refractivity contribution < 1.29 is 19.4 Å². The van der Waals surface area contributed by atoms with Gasteiger partial charge in [0.2, 0.25) is 0 Å². The number of hydrogen-bond donors (Lipinski definition) is 2. The van der Waals surface area contributed by atoms with E-state index in [1.807, 2.05) is 18.2 Å². The van der Waals surface area contributed by atoms with E-state index < -0.39 is 5.97 Å². The van der Waals surface area contributed by atoms with Crippen LogP contribution in [-0.4, -0.2) is 30.0 Å². The molecule has 0 radical (unpaired) electrons. The first-order valence-corrected chi connectivity index (χ1v) is 6.92. The molecule has 2 rings (SSSR count). The van der Waals surface area contributed by atoms with Gasteiger partial charge >= 0.3 is 5.97 Å². The van der Waals surface area contributed by atoms with Crippen LogP contribution in [0.5, 0.6) is 5.75 Å². The summed E-state index contributed by atoms with van der Waals surface area (Å²) >= 11 is 0. The molecule has 0 aromatic heterocycles. The van der Waals surface area contributed by atoms with E-state index in [9.17, 15) is 9.59 Å². The number of Topliss-reactive ketones (excluding diaryl/α,β-unsaturated/α-hetero) is 1. The summed E-state index contributed by atoms with van der Waals surface area (Å²) in [6, 6.07) is 16.1. The predicted octanol–water partition coefficient (Wildman–Crippen LogP) is 2.83. The number of nitrogens with one attached hydrogen (secondary N) is 1. The molecule has 0 aliphatic carbocycles. The van der Waals surface area contributed by atoms with Crippen LogP contribution in [0.1, 0.15) is 16.8 Å². The summed E-state index contributed by atoms with van der Waals surface area (Å²) in [4.78, 5) is 22.3. The number of ether oxygens (including phenoxy) is 1. The summed E-state index contributed by atoms with van der Waals surface area (Å²) in [5.74, 6) is -0.426. The van der Waals surface area contributed by atoms with Gasteiger partial charge < -0.3 is 15.2 Å². The second kappa shape index (κ2) is 7.83. The molecule has 0 unspecified atom stereocenters. The van der Waals surface area contributed by atoms with Crippen molar-refractivity contribution in [2.45, 2.75) is 6.42 Å². The Bertz CT molecular complexity index is 623. The average molecular weight is 299 g/mol. The Hall–Kier alpha value is -2.82. The predicted molar refractivity (Wildman–Crippen MR) is 83.5 cm³/mol. The van der Waals surface area contributed by atoms with Crippen LogP contribution in [0.2, 0.25) is 0 Å². The van der Waals surface area contributed by atoms with E-state index in [2.05, 4.69) is 5.32 Å². The molecule has 0 saturated carbocycles. The normalized spacial score (nSPS) is 10.0. The highest BCUT2D eigenvalue weighted by Gasteiger charge is 2.04. The number of benzene rings is 2. The molecule has 0 aliphatic rings. The number of ketones is 1. The number of anilines is 1. The molecule has 0 fully saturated rings. The van der Waals surface area contributed by atoms with Gasteiger partial charge in [-0.05, 0) is 24.3 Å². The fraction of sp³-hybridized carbons (Fsp3) is 0.176. The third-order valence-corrected chi connectivity index (χ3v) is 2.99. The van der Waals surface area contributed by atoms with Crippen LogP contribution in [0, 0.1) is 0 Å². The Labute approximate surface area is 128 Å². The molecule has 0 heterocycles. The van der Waals surface area contributed by atoms with Gasteiger partial charge in [0.15, 0.2) is 12.4 Å². The fourth-order valence-electron chi connectivity index (χ4n) is 1.90. The van der Waals surface area contributed by atoms with Crippen LogP contribution in [0.25, 0.3) is 0 Å². The molecular weight excluding hydrogens is 282 g/mol. The fourth-order valence-corrected chi connectivity index (χ4v) is 1.90. The van der Waals surface area contributed by atoms with Gasteiger partial charge in [0.1, 0.15) is 5.75 Å². The Balaban J connectivity index is 1.77. The molecule has 2 aromatic carbocycles. The van der Waals surface area contributed by atoms with Gasteiger partial charge in [-0.25, -0.2) is 4.79 Å². The van der Waals surface area contributed by atoms with Crippen LogP contribution in [0.4, 0.5) is 5.69 Å². The summed E-state index contributed by atoms with van der Waals surface area (Å²) in [6.07, 6.45) is 0.404. The van der Waals surface area contributed by atoms with Crippen molar-refractivity contribution in [3.8, 4) is 5.75 Å². The van der Waals surface area contributed by atoms with Crippen molar-refractivity contribution in [3.63, 3.8) is 0 Å². The molecule has 0 aliphatic heterocycles. The number of carbonyl (C=O) groups is 2. The zero-order valence-electron chi connectivity index (χ0n) is 12.0. The molecule has 0 atom stereocenters. The number of carbonyl (C=O) groups excluding carboxylic acids is 1. The van der Waals surface area contributed by atoms with Gasteiger partial charge in [-0.15, -0.1) is 0 Å². The SMILES string of the molecule is O=C(O)COc1ccc(NCCC(=O)c2ccccc2)cc1. The summed E-state index contributed by atoms with van der Waals surface area (Å²) in [6.45, 7) is 0.168. The second-order valence-electron chi connectivity index (χ2n) is 4.67. The first-order valence-electron chi connectivity index (χ1n) is 6.92. The molecule has 0 amide bonds. The maximum Gasteiger partial charge on any atom is 0.341 e. The Morgan fingerprint density at radius 1 is 1.00 bits per heavy atom. The lowest BCUT2D eigenvalue weighted by Crippen LogP contribution is -2.10. The second-order valence-corrected chi connectivity index (χ2v) is 4.67. The molecule has 2 aromatic rings. The molecule has 2 N–H and O–H groups in total. The Morgan fingerprint density at radius 3 is 2.32 bits per heavy atom. The molecule has 0 bridgehead atoms. The number of hydrogen-bond acceptors (Lipinski definition) is 4. The summed E-state index contributed by atoms with van der Waals surface area (Å²) < 4.78 is 5.04. The number of aliphatic carboxylic acids is 1. The van der Waals surface area contributed by atoms with Crippen molar-refractivity contribution in [1.82, 2.24) is 0 Å². The first kappa shape index (κ1) is 15.6. The lowest BCUT2D eigenvalue weighted by atomic mass is 10.1. The molecule has 0 saturated heterocycles. The van der Waals surface area contributed by atoms with Crippen molar-refractivity contribution >= 4 is 17.4 Å². The topological polar surface area (TPSA) is 75.6 Å². The monoisotopic (exact) mass is 299 g/mol. The summed E-state index contributed by atoms with van der Waals surface area (Å²) in [5.41, 5.74) is 1.56. The maximum absolute atomic E-state index is 11.9. The lowest BCUT2D eigenvalue weighted by molar-refractivity contribution is -0.139. The smallest absolute Gasteiger partial charge is 0.341 e. The van der Waals surface area contributed by atoms with E-state index in [1.54, 1.807) is 36.4 Å². The third kappa shape index (κ3) is 4.94. The van der Waals surface area contributed by atoms with Crippen molar-refractivity contribution in [2.75, 3.05) is 18.5 Å². The molecule has 22 heavy (non-hydrogen) atoms. The van der Waals surface area contributed by atoms with Gasteiger partial charge in [0, 0.05) is 24.2 Å². The standard InChI is InChI=1S/C17H17NO4/c19-16(13-4-2-1-3-5-13)10-11-18-14-6-8-15(9-7-14)22-12-17(20)21/h1-9,18H,10-12H2,(H,20,21). The third-order valence-electron chi connectivity index (χ3n) is 2.99. The van der Waals surface area contributed by atoms with Crippen LogP contribution in [0.3, 0.4) is 0 Å². The molecule has 5 heteroatoms. The van der Waals surface area contributed by atoms with Crippen LogP contribution < -0.4 is 10.1 Å². The average Bonchev–Trinajstić information content (AvgIpc) is 2.55. The summed E-state index contributed by atoms with van der Waals surface area (Å²) in [7, 11) is 0. The Kier molecular flexibility index (Phi) is 5.54. The van der Waals surface area contributed by atoms with Crippen LogP contribution in [0.15, 0.2) is 54.6 Å². The minimum absolute atomic E-state index is 0.0921. The molecule has 0 spiro atoms. The van der Waals surface area contributed by atoms with E-state index in [0.29, 0.717) is 24.3 Å². The van der Waals surface area contributed by atoms with Gasteiger partial charge in [-0.2, -0.15) is 0 Å². The maximum atomic E-state index is 11.9. The van der Waals surface area contributed by atoms with Gasteiger partial charge in [-0.3, -0.25) is 4.79 Å². The number of carboxylic acids is 1. The number of rotatable bonds is 8. The van der Waals surface area contributed by atoms with E-state index in [4.69, 9.17) is 9.84 Å². The molecular formula is C17H17NO4. The zero-order chi connectivity index (χ0) is 15.8. The minimum Gasteiger partial charge on any atom is -0.482 e. The van der Waals surface area contributed by atoms with Crippen LogP contribution >= 0.6 is 0 Å². The van der Waals surface area contributed by atoms with Crippen molar-refractivity contribution in [1.29, 1.82) is 0 Å². The number of carboxylic acid groups (broad SMARTS) is 1.